The molecule has 1 fully saturated rings. The Morgan fingerprint density at radius 1 is 0.857 bits per heavy atom. The van der Waals surface area contributed by atoms with Gasteiger partial charge in [0.2, 0.25) is 0 Å². The summed E-state index contributed by atoms with van der Waals surface area (Å²) in [5, 5.41) is 17.5. The van der Waals surface area contributed by atoms with E-state index in [1.54, 1.807) is 30.3 Å². The van der Waals surface area contributed by atoms with Crippen LogP contribution in [0.4, 0.5) is 21.9 Å². The SMILES string of the molecule is N#Cc1ccc(NC(=O)Nc2ccc(N3CCCCC3)c(C(=O)NCCc3ccccc3)c2)cc1. The minimum Gasteiger partial charge on any atom is -0.371 e. The van der Waals surface area contributed by atoms with Crippen molar-refractivity contribution in [2.75, 3.05) is 35.2 Å². The molecule has 7 nitrogen and oxygen atoms in total. The number of anilines is 3. The van der Waals surface area contributed by atoms with Crippen LogP contribution < -0.4 is 20.9 Å². The summed E-state index contributed by atoms with van der Waals surface area (Å²) < 4.78 is 0. The number of nitrogens with zero attached hydrogens (tertiary/aromatic N) is 2. The molecule has 35 heavy (non-hydrogen) atoms. The van der Waals surface area contributed by atoms with Crippen LogP contribution in [0.1, 0.15) is 40.7 Å². The summed E-state index contributed by atoms with van der Waals surface area (Å²) in [6.07, 6.45) is 4.14. The van der Waals surface area contributed by atoms with E-state index in [4.69, 9.17) is 5.26 Å². The Morgan fingerprint density at radius 3 is 2.26 bits per heavy atom. The number of hydrogen-bond donors (Lipinski definition) is 3. The molecule has 1 aliphatic rings. The second-order valence-corrected chi connectivity index (χ2v) is 8.54. The zero-order valence-corrected chi connectivity index (χ0v) is 19.6. The summed E-state index contributed by atoms with van der Waals surface area (Å²) in [6, 6.07) is 23.8. The van der Waals surface area contributed by atoms with Crippen LogP contribution in [-0.2, 0) is 6.42 Å². The van der Waals surface area contributed by atoms with Crippen molar-refractivity contribution in [3.05, 3.63) is 89.5 Å². The van der Waals surface area contributed by atoms with E-state index in [1.165, 1.54) is 12.0 Å². The van der Waals surface area contributed by atoms with Crippen molar-refractivity contribution < 1.29 is 9.59 Å². The van der Waals surface area contributed by atoms with Gasteiger partial charge in [0.25, 0.3) is 5.91 Å². The predicted molar refractivity (Wildman–Crippen MR) is 139 cm³/mol. The van der Waals surface area contributed by atoms with Crippen molar-refractivity contribution in [2.45, 2.75) is 25.7 Å². The maximum absolute atomic E-state index is 13.2. The number of nitrogens with one attached hydrogen (secondary N) is 3. The number of rotatable bonds is 7. The summed E-state index contributed by atoms with van der Waals surface area (Å²) in [7, 11) is 0. The topological polar surface area (TPSA) is 97.3 Å². The van der Waals surface area contributed by atoms with Crippen LogP contribution in [0.3, 0.4) is 0 Å². The van der Waals surface area contributed by atoms with E-state index in [1.807, 2.05) is 48.5 Å². The quantitative estimate of drug-likeness (QED) is 0.447. The molecule has 1 aliphatic heterocycles. The van der Waals surface area contributed by atoms with Gasteiger partial charge < -0.3 is 20.9 Å². The molecule has 0 saturated carbocycles. The highest BCUT2D eigenvalue weighted by Crippen LogP contribution is 2.27. The van der Waals surface area contributed by atoms with Crippen molar-refractivity contribution in [1.82, 2.24) is 5.32 Å². The molecule has 3 N–H and O–H groups in total. The summed E-state index contributed by atoms with van der Waals surface area (Å²) in [6.45, 7) is 2.35. The van der Waals surface area contributed by atoms with Crippen LogP contribution in [0, 0.1) is 11.3 Å². The number of urea groups is 1. The van der Waals surface area contributed by atoms with E-state index in [2.05, 4.69) is 20.9 Å². The van der Waals surface area contributed by atoms with Gasteiger partial charge in [-0.2, -0.15) is 5.26 Å². The van der Waals surface area contributed by atoms with Gasteiger partial charge in [0.15, 0.2) is 0 Å². The minimum absolute atomic E-state index is 0.155. The van der Waals surface area contributed by atoms with E-state index in [0.717, 1.165) is 38.0 Å². The molecule has 0 spiro atoms. The van der Waals surface area contributed by atoms with Crippen LogP contribution >= 0.6 is 0 Å². The standard InChI is InChI=1S/C28H29N5O2/c29-20-22-9-11-23(12-10-22)31-28(35)32-24-13-14-26(33-17-5-2-6-18-33)25(19-24)27(34)30-16-15-21-7-3-1-4-8-21/h1,3-4,7-14,19H,2,5-6,15-18H2,(H,30,34)(H2,31,32,35). The summed E-state index contributed by atoms with van der Waals surface area (Å²) in [5.74, 6) is -0.155. The van der Waals surface area contributed by atoms with E-state index < -0.39 is 6.03 Å². The molecule has 1 heterocycles. The number of benzene rings is 3. The molecular weight excluding hydrogens is 438 g/mol. The molecule has 0 radical (unpaired) electrons. The lowest BCUT2D eigenvalue weighted by Gasteiger charge is -2.30. The monoisotopic (exact) mass is 467 g/mol. The Balaban J connectivity index is 1.46. The fourth-order valence-electron chi connectivity index (χ4n) is 4.19. The number of carbonyl (C=O) groups excluding carboxylic acids is 2. The lowest BCUT2D eigenvalue weighted by Crippen LogP contribution is -2.33. The third-order valence-corrected chi connectivity index (χ3v) is 6.01. The first-order valence-electron chi connectivity index (χ1n) is 11.9. The average Bonchev–Trinajstić information content (AvgIpc) is 2.90. The van der Waals surface area contributed by atoms with Crippen LogP contribution in [-0.4, -0.2) is 31.6 Å². The zero-order valence-electron chi connectivity index (χ0n) is 19.6. The van der Waals surface area contributed by atoms with Crippen LogP contribution in [0.2, 0.25) is 0 Å². The molecule has 7 heteroatoms. The maximum Gasteiger partial charge on any atom is 0.323 e. The highest BCUT2D eigenvalue weighted by atomic mass is 16.2. The van der Waals surface area contributed by atoms with E-state index in [-0.39, 0.29) is 5.91 Å². The molecule has 4 rings (SSSR count). The largest absolute Gasteiger partial charge is 0.371 e. The molecule has 1 saturated heterocycles. The third-order valence-electron chi connectivity index (χ3n) is 6.01. The number of nitriles is 1. The molecule has 3 aromatic rings. The highest BCUT2D eigenvalue weighted by Gasteiger charge is 2.19. The summed E-state index contributed by atoms with van der Waals surface area (Å²) in [4.78, 5) is 28.0. The molecule has 0 aromatic heterocycles. The molecule has 0 atom stereocenters. The lowest BCUT2D eigenvalue weighted by molar-refractivity contribution is 0.0954. The zero-order chi connectivity index (χ0) is 24.5. The Hall–Kier alpha value is -4.31. The lowest BCUT2D eigenvalue weighted by atomic mass is 10.1. The molecular formula is C28H29N5O2. The molecule has 0 bridgehead atoms. The van der Waals surface area contributed by atoms with Crippen molar-refractivity contribution in [2.24, 2.45) is 0 Å². The first-order valence-corrected chi connectivity index (χ1v) is 11.9. The van der Waals surface area contributed by atoms with Crippen LogP contribution in [0.25, 0.3) is 0 Å². The summed E-state index contributed by atoms with van der Waals surface area (Å²) >= 11 is 0. The van der Waals surface area contributed by atoms with Gasteiger partial charge >= 0.3 is 6.03 Å². The molecule has 0 aliphatic carbocycles. The van der Waals surface area contributed by atoms with Crippen molar-refractivity contribution in [3.8, 4) is 6.07 Å². The van der Waals surface area contributed by atoms with Crippen molar-refractivity contribution >= 4 is 29.0 Å². The average molecular weight is 468 g/mol. The third kappa shape index (κ3) is 6.61. The van der Waals surface area contributed by atoms with Gasteiger partial charge in [-0.05, 0) is 73.7 Å². The Morgan fingerprint density at radius 2 is 1.54 bits per heavy atom. The Bertz CT molecular complexity index is 1200. The van der Waals surface area contributed by atoms with E-state index in [9.17, 15) is 9.59 Å². The molecule has 3 aromatic carbocycles. The first-order chi connectivity index (χ1) is 17.1. The van der Waals surface area contributed by atoms with Gasteiger partial charge in [-0.1, -0.05) is 30.3 Å². The van der Waals surface area contributed by atoms with Gasteiger partial charge in [-0.3, -0.25) is 4.79 Å². The van der Waals surface area contributed by atoms with Crippen molar-refractivity contribution in [3.63, 3.8) is 0 Å². The second kappa shape index (κ2) is 11.7. The Labute approximate surface area is 205 Å². The number of hydrogen-bond acceptors (Lipinski definition) is 4. The maximum atomic E-state index is 13.2. The van der Waals surface area contributed by atoms with Gasteiger partial charge in [-0.15, -0.1) is 0 Å². The Kier molecular flexibility index (Phi) is 7.97. The molecule has 178 valence electrons. The summed E-state index contributed by atoms with van der Waals surface area (Å²) in [5.41, 5.74) is 4.23. The number of piperidine rings is 1. The predicted octanol–water partition coefficient (Wildman–Crippen LogP) is 5.17. The van der Waals surface area contributed by atoms with Gasteiger partial charge in [0, 0.05) is 36.7 Å². The van der Waals surface area contributed by atoms with Gasteiger partial charge in [0.05, 0.1) is 17.2 Å². The fourth-order valence-corrected chi connectivity index (χ4v) is 4.19. The highest BCUT2D eigenvalue weighted by molar-refractivity contribution is 6.04. The van der Waals surface area contributed by atoms with Crippen molar-refractivity contribution in [1.29, 1.82) is 5.26 Å². The first kappa shape index (κ1) is 23.8. The normalized spacial score (nSPS) is 12.9. The van der Waals surface area contributed by atoms with Gasteiger partial charge in [0.1, 0.15) is 0 Å². The molecule has 0 unspecified atom stereocenters. The number of amides is 3. The van der Waals surface area contributed by atoms with E-state index in [0.29, 0.717) is 29.0 Å². The van der Waals surface area contributed by atoms with Gasteiger partial charge in [-0.25, -0.2) is 4.79 Å². The number of carbonyl (C=O) groups is 2. The minimum atomic E-state index is -0.420. The molecule has 3 amide bonds. The second-order valence-electron chi connectivity index (χ2n) is 8.54. The van der Waals surface area contributed by atoms with E-state index >= 15 is 0 Å². The van der Waals surface area contributed by atoms with Crippen LogP contribution in [0.5, 0.6) is 0 Å². The van der Waals surface area contributed by atoms with Crippen LogP contribution in [0.15, 0.2) is 72.8 Å². The fraction of sp³-hybridized carbons (Fsp3) is 0.250. The smallest absolute Gasteiger partial charge is 0.323 e.